The molecule has 4 aromatic rings. The molecule has 0 aliphatic heterocycles. The van der Waals surface area contributed by atoms with Crippen LogP contribution in [0.1, 0.15) is 51.6 Å². The second kappa shape index (κ2) is 9.86. The first-order valence-electron chi connectivity index (χ1n) is 10.6. The van der Waals surface area contributed by atoms with Crippen LogP contribution in [0, 0.1) is 0 Å². The maximum absolute atomic E-state index is 12.4. The molecule has 2 amide bonds. The van der Waals surface area contributed by atoms with Gasteiger partial charge in [0.15, 0.2) is 0 Å². The SMILES string of the molecule is CC(C)c1ccc(C(=O)NNC(=O)c2ccc(Cn3nnc(-c4ccccc4)n3)cc2)cc1. The average Bonchev–Trinajstić information content (AvgIpc) is 3.32. The number of carbonyl (C=O) groups is 2. The van der Waals surface area contributed by atoms with Crippen LogP contribution in [0.5, 0.6) is 0 Å². The van der Waals surface area contributed by atoms with Gasteiger partial charge < -0.3 is 0 Å². The quantitative estimate of drug-likeness (QED) is 0.446. The number of carbonyl (C=O) groups excluding carboxylic acids is 2. The van der Waals surface area contributed by atoms with E-state index in [4.69, 9.17) is 0 Å². The van der Waals surface area contributed by atoms with Crippen molar-refractivity contribution in [2.75, 3.05) is 0 Å². The largest absolute Gasteiger partial charge is 0.269 e. The van der Waals surface area contributed by atoms with Crippen LogP contribution in [0.2, 0.25) is 0 Å². The number of nitrogens with zero attached hydrogens (tertiary/aromatic N) is 4. The van der Waals surface area contributed by atoms with E-state index in [0.29, 0.717) is 29.4 Å². The Hall–Kier alpha value is -4.33. The zero-order valence-corrected chi connectivity index (χ0v) is 18.4. The molecule has 8 heteroatoms. The van der Waals surface area contributed by atoms with E-state index in [1.807, 2.05) is 54.6 Å². The molecule has 33 heavy (non-hydrogen) atoms. The van der Waals surface area contributed by atoms with Crippen LogP contribution in [0.25, 0.3) is 11.4 Å². The number of hydrogen-bond acceptors (Lipinski definition) is 5. The van der Waals surface area contributed by atoms with Crippen LogP contribution in [-0.4, -0.2) is 32.0 Å². The summed E-state index contributed by atoms with van der Waals surface area (Å²) < 4.78 is 0. The van der Waals surface area contributed by atoms with E-state index in [9.17, 15) is 9.59 Å². The molecule has 0 atom stereocenters. The summed E-state index contributed by atoms with van der Waals surface area (Å²) in [6.45, 7) is 4.60. The molecule has 1 heterocycles. The molecule has 4 rings (SSSR count). The Labute approximate surface area is 191 Å². The normalized spacial score (nSPS) is 10.8. The maximum Gasteiger partial charge on any atom is 0.269 e. The molecular weight excluding hydrogens is 416 g/mol. The fraction of sp³-hybridized carbons (Fsp3) is 0.160. The van der Waals surface area contributed by atoms with Crippen molar-refractivity contribution >= 4 is 11.8 Å². The topological polar surface area (TPSA) is 102 Å². The van der Waals surface area contributed by atoms with Gasteiger partial charge in [-0.2, -0.15) is 4.80 Å². The lowest BCUT2D eigenvalue weighted by atomic mass is 10.0. The van der Waals surface area contributed by atoms with Gasteiger partial charge in [0.05, 0.1) is 6.54 Å². The van der Waals surface area contributed by atoms with Gasteiger partial charge in [-0.1, -0.05) is 68.4 Å². The van der Waals surface area contributed by atoms with Crippen LogP contribution in [-0.2, 0) is 6.54 Å². The summed E-state index contributed by atoms with van der Waals surface area (Å²) in [5.41, 5.74) is 8.75. The summed E-state index contributed by atoms with van der Waals surface area (Å²) in [7, 11) is 0. The summed E-state index contributed by atoms with van der Waals surface area (Å²) in [6.07, 6.45) is 0. The summed E-state index contributed by atoms with van der Waals surface area (Å²) >= 11 is 0. The molecule has 0 fully saturated rings. The number of nitrogens with one attached hydrogen (secondary N) is 2. The minimum atomic E-state index is -0.404. The van der Waals surface area contributed by atoms with Crippen LogP contribution in [0.15, 0.2) is 78.9 Å². The molecule has 1 aromatic heterocycles. The summed E-state index contributed by atoms with van der Waals surface area (Å²) in [6, 6.07) is 23.9. The number of tetrazole rings is 1. The van der Waals surface area contributed by atoms with Gasteiger partial charge >= 0.3 is 0 Å². The van der Waals surface area contributed by atoms with Crippen LogP contribution in [0.4, 0.5) is 0 Å². The monoisotopic (exact) mass is 440 g/mol. The Kier molecular flexibility index (Phi) is 6.54. The van der Waals surface area contributed by atoms with E-state index in [-0.39, 0.29) is 5.91 Å². The van der Waals surface area contributed by atoms with Crippen molar-refractivity contribution < 1.29 is 9.59 Å². The predicted molar refractivity (Wildman–Crippen MR) is 124 cm³/mol. The second-order valence-corrected chi connectivity index (χ2v) is 7.89. The number of hydrogen-bond donors (Lipinski definition) is 2. The molecule has 0 bridgehead atoms. The first kappa shape index (κ1) is 21.9. The highest BCUT2D eigenvalue weighted by Gasteiger charge is 2.11. The molecule has 2 N–H and O–H groups in total. The van der Waals surface area contributed by atoms with Crippen LogP contribution < -0.4 is 10.9 Å². The molecule has 3 aromatic carbocycles. The number of aromatic nitrogens is 4. The molecule has 0 saturated heterocycles. The molecule has 0 unspecified atom stereocenters. The minimum Gasteiger partial charge on any atom is -0.267 e. The van der Waals surface area contributed by atoms with Gasteiger partial charge in [-0.3, -0.25) is 20.4 Å². The molecule has 0 saturated carbocycles. The zero-order valence-electron chi connectivity index (χ0n) is 18.4. The van der Waals surface area contributed by atoms with Crippen molar-refractivity contribution in [1.29, 1.82) is 0 Å². The van der Waals surface area contributed by atoms with E-state index in [1.54, 1.807) is 24.3 Å². The Balaban J connectivity index is 1.32. The third kappa shape index (κ3) is 5.48. The van der Waals surface area contributed by atoms with Crippen molar-refractivity contribution in [3.8, 4) is 11.4 Å². The second-order valence-electron chi connectivity index (χ2n) is 7.89. The number of rotatable bonds is 6. The number of amides is 2. The van der Waals surface area contributed by atoms with Gasteiger partial charge in [0.25, 0.3) is 11.8 Å². The van der Waals surface area contributed by atoms with Crippen molar-refractivity contribution in [3.63, 3.8) is 0 Å². The molecular formula is C25H24N6O2. The Bertz CT molecular complexity index is 1230. The molecule has 0 spiro atoms. The van der Waals surface area contributed by atoms with Gasteiger partial charge in [-0.15, -0.1) is 10.2 Å². The minimum absolute atomic E-state index is 0.373. The maximum atomic E-state index is 12.4. The zero-order chi connectivity index (χ0) is 23.2. The first-order valence-corrected chi connectivity index (χ1v) is 10.6. The van der Waals surface area contributed by atoms with Gasteiger partial charge in [-0.05, 0) is 46.5 Å². The van der Waals surface area contributed by atoms with Crippen molar-refractivity contribution in [3.05, 3.63) is 101 Å². The lowest BCUT2D eigenvalue weighted by molar-refractivity contribution is 0.0846. The molecule has 0 radical (unpaired) electrons. The number of benzene rings is 3. The summed E-state index contributed by atoms with van der Waals surface area (Å²) in [5.74, 6) is 0.165. The van der Waals surface area contributed by atoms with E-state index in [2.05, 4.69) is 40.1 Å². The Morgan fingerprint density at radius 3 is 1.97 bits per heavy atom. The lowest BCUT2D eigenvalue weighted by Gasteiger charge is -2.09. The fourth-order valence-electron chi connectivity index (χ4n) is 3.22. The highest BCUT2D eigenvalue weighted by molar-refractivity contribution is 5.99. The standard InChI is InChI=1S/C25H24N6O2/c1-17(2)19-12-14-22(15-13-19)25(33)28-27-24(32)21-10-8-18(9-11-21)16-31-29-23(26-30-31)20-6-4-3-5-7-20/h3-15,17H,16H2,1-2H3,(H,27,32)(H,28,33). The van der Waals surface area contributed by atoms with Gasteiger partial charge in [0, 0.05) is 16.7 Å². The first-order chi connectivity index (χ1) is 16.0. The molecule has 8 nitrogen and oxygen atoms in total. The average molecular weight is 441 g/mol. The fourth-order valence-corrected chi connectivity index (χ4v) is 3.22. The Morgan fingerprint density at radius 1 is 0.818 bits per heavy atom. The molecule has 166 valence electrons. The van der Waals surface area contributed by atoms with E-state index in [1.165, 1.54) is 4.80 Å². The summed E-state index contributed by atoms with van der Waals surface area (Å²) in [4.78, 5) is 26.2. The molecule has 0 aliphatic carbocycles. The number of hydrazine groups is 1. The smallest absolute Gasteiger partial charge is 0.267 e. The van der Waals surface area contributed by atoms with Crippen molar-refractivity contribution in [1.82, 2.24) is 31.1 Å². The lowest BCUT2D eigenvalue weighted by Crippen LogP contribution is -2.41. The third-order valence-electron chi connectivity index (χ3n) is 5.15. The Morgan fingerprint density at radius 2 is 1.39 bits per heavy atom. The highest BCUT2D eigenvalue weighted by atomic mass is 16.2. The predicted octanol–water partition coefficient (Wildman–Crippen LogP) is 3.59. The van der Waals surface area contributed by atoms with Crippen LogP contribution >= 0.6 is 0 Å². The third-order valence-corrected chi connectivity index (χ3v) is 5.15. The van der Waals surface area contributed by atoms with Crippen molar-refractivity contribution in [2.45, 2.75) is 26.3 Å². The van der Waals surface area contributed by atoms with Gasteiger partial charge in [0.2, 0.25) is 5.82 Å². The van der Waals surface area contributed by atoms with E-state index in [0.717, 1.165) is 16.7 Å². The summed E-state index contributed by atoms with van der Waals surface area (Å²) in [5, 5.41) is 12.6. The van der Waals surface area contributed by atoms with Gasteiger partial charge in [-0.25, -0.2) is 0 Å². The van der Waals surface area contributed by atoms with Crippen LogP contribution in [0.3, 0.4) is 0 Å². The van der Waals surface area contributed by atoms with Gasteiger partial charge in [0.1, 0.15) is 0 Å². The van der Waals surface area contributed by atoms with E-state index >= 15 is 0 Å². The van der Waals surface area contributed by atoms with E-state index < -0.39 is 5.91 Å². The molecule has 0 aliphatic rings. The highest BCUT2D eigenvalue weighted by Crippen LogP contribution is 2.15. The van der Waals surface area contributed by atoms with Crippen molar-refractivity contribution in [2.24, 2.45) is 0 Å².